The minimum absolute atomic E-state index is 0.0603. The van der Waals surface area contributed by atoms with Gasteiger partial charge in [-0.2, -0.15) is 0 Å². The minimum Gasteiger partial charge on any atom is -0.351 e. The molecule has 7 nitrogen and oxygen atoms in total. The number of hydrogen-bond donors (Lipinski definition) is 0. The van der Waals surface area contributed by atoms with Crippen LogP contribution in [0.2, 0.25) is 0 Å². The van der Waals surface area contributed by atoms with Crippen molar-refractivity contribution in [1.29, 1.82) is 0 Å². The maximum absolute atomic E-state index is 13.0. The van der Waals surface area contributed by atoms with Crippen molar-refractivity contribution in [2.75, 3.05) is 13.2 Å². The van der Waals surface area contributed by atoms with Gasteiger partial charge in [0.15, 0.2) is 5.72 Å². The summed E-state index contributed by atoms with van der Waals surface area (Å²) in [4.78, 5) is 41.4. The summed E-state index contributed by atoms with van der Waals surface area (Å²) in [6.45, 7) is 7.69. The van der Waals surface area contributed by atoms with E-state index in [0.717, 1.165) is 0 Å². The summed E-state index contributed by atoms with van der Waals surface area (Å²) < 4.78 is 7.71. The fraction of sp³-hybridized carbons (Fsp3) is 0.632. The quantitative estimate of drug-likeness (QED) is 0.809. The maximum atomic E-state index is 13.0. The number of rotatable bonds is 3. The summed E-state index contributed by atoms with van der Waals surface area (Å²) in [7, 11) is 0. The molecule has 3 saturated heterocycles. The van der Waals surface area contributed by atoms with Crippen molar-refractivity contribution in [3.8, 4) is 0 Å². The Morgan fingerprint density at radius 1 is 1.38 bits per heavy atom. The molecule has 3 fully saturated rings. The van der Waals surface area contributed by atoms with E-state index in [9.17, 15) is 14.4 Å². The minimum atomic E-state index is -0.680. The zero-order chi connectivity index (χ0) is 18.6. The molecule has 0 N–H and O–H groups in total. The first-order chi connectivity index (χ1) is 12.4. The highest BCUT2D eigenvalue weighted by atomic mass is 16.5. The van der Waals surface area contributed by atoms with Gasteiger partial charge in [0.05, 0.1) is 25.1 Å². The lowest BCUT2D eigenvalue weighted by molar-refractivity contribution is -0.139. The third kappa shape index (κ3) is 2.26. The Bertz CT molecular complexity index is 817. The molecule has 4 heterocycles. The fourth-order valence-corrected chi connectivity index (χ4v) is 4.68. The Hall–Kier alpha value is -2.15. The van der Waals surface area contributed by atoms with Gasteiger partial charge in [0.25, 0.3) is 11.5 Å². The summed E-state index contributed by atoms with van der Waals surface area (Å²) in [6.07, 6.45) is 2.57. The molecule has 0 saturated carbocycles. The molecule has 0 bridgehead atoms. The zero-order valence-corrected chi connectivity index (χ0v) is 15.5. The lowest BCUT2D eigenvalue weighted by atomic mass is 10.0. The van der Waals surface area contributed by atoms with Crippen LogP contribution in [0.4, 0.5) is 0 Å². The zero-order valence-electron chi connectivity index (χ0n) is 15.5. The van der Waals surface area contributed by atoms with Gasteiger partial charge in [0, 0.05) is 37.3 Å². The van der Waals surface area contributed by atoms with Gasteiger partial charge in [0.2, 0.25) is 5.91 Å². The summed E-state index contributed by atoms with van der Waals surface area (Å²) >= 11 is 0. The van der Waals surface area contributed by atoms with Gasteiger partial charge in [-0.3, -0.25) is 14.4 Å². The highest BCUT2D eigenvalue weighted by molar-refractivity contribution is 5.95. The second kappa shape index (κ2) is 5.94. The Balaban J connectivity index is 1.63. The largest absolute Gasteiger partial charge is 0.351 e. The van der Waals surface area contributed by atoms with Crippen LogP contribution in [0.1, 0.15) is 44.0 Å². The molecule has 7 heteroatoms. The molecule has 3 aliphatic rings. The van der Waals surface area contributed by atoms with Gasteiger partial charge in [-0.1, -0.05) is 13.8 Å². The molecule has 3 aliphatic heterocycles. The summed E-state index contributed by atoms with van der Waals surface area (Å²) in [6, 6.07) is 2.85. The number of amides is 2. The molecule has 26 heavy (non-hydrogen) atoms. The van der Waals surface area contributed by atoms with E-state index < -0.39 is 5.72 Å². The Morgan fingerprint density at radius 2 is 2.15 bits per heavy atom. The molecule has 0 radical (unpaired) electrons. The van der Waals surface area contributed by atoms with Crippen molar-refractivity contribution in [1.82, 2.24) is 14.4 Å². The molecule has 1 spiro atoms. The maximum Gasteiger partial charge on any atom is 0.254 e. The first kappa shape index (κ1) is 17.3. The molecule has 1 aromatic rings. The van der Waals surface area contributed by atoms with Gasteiger partial charge >= 0.3 is 0 Å². The van der Waals surface area contributed by atoms with Crippen molar-refractivity contribution in [3.05, 3.63) is 34.2 Å². The van der Waals surface area contributed by atoms with Crippen LogP contribution in [-0.4, -0.2) is 57.1 Å². The number of pyridine rings is 1. The normalized spacial score (nSPS) is 30.2. The SMILES string of the molecule is CCn1ccc(C(=O)N2CC[C@@]34OC[C@@H](C(C)C)N3C(=O)C[C@@H]24)cc1=O. The molecule has 0 aromatic carbocycles. The van der Waals surface area contributed by atoms with Crippen molar-refractivity contribution < 1.29 is 14.3 Å². The van der Waals surface area contributed by atoms with Crippen LogP contribution in [-0.2, 0) is 16.1 Å². The molecule has 140 valence electrons. The molecule has 0 aliphatic carbocycles. The fourth-order valence-electron chi connectivity index (χ4n) is 4.68. The lowest BCUT2D eigenvalue weighted by Crippen LogP contribution is -2.51. The van der Waals surface area contributed by atoms with E-state index in [1.165, 1.54) is 6.07 Å². The topological polar surface area (TPSA) is 71.8 Å². The van der Waals surface area contributed by atoms with Gasteiger partial charge in [-0.05, 0) is 18.9 Å². The number of carbonyl (C=O) groups is 2. The molecule has 2 amide bonds. The highest BCUT2D eigenvalue weighted by Crippen LogP contribution is 2.49. The molecule has 4 rings (SSSR count). The van der Waals surface area contributed by atoms with E-state index >= 15 is 0 Å². The average Bonchev–Trinajstić information content (AvgIpc) is 3.23. The first-order valence-electron chi connectivity index (χ1n) is 9.36. The Kier molecular flexibility index (Phi) is 3.95. The second-order valence-electron chi connectivity index (χ2n) is 7.74. The van der Waals surface area contributed by atoms with Crippen molar-refractivity contribution >= 4 is 11.8 Å². The molecule has 1 aromatic heterocycles. The van der Waals surface area contributed by atoms with E-state index in [4.69, 9.17) is 4.74 Å². The van der Waals surface area contributed by atoms with Crippen LogP contribution in [0.15, 0.2) is 23.1 Å². The van der Waals surface area contributed by atoms with Crippen LogP contribution in [0, 0.1) is 5.92 Å². The predicted molar refractivity (Wildman–Crippen MR) is 94.6 cm³/mol. The number of aromatic nitrogens is 1. The Labute approximate surface area is 152 Å². The number of aryl methyl sites for hydroxylation is 1. The van der Waals surface area contributed by atoms with Crippen molar-refractivity contribution in [2.45, 2.75) is 58.0 Å². The lowest BCUT2D eigenvalue weighted by Gasteiger charge is -2.34. The van der Waals surface area contributed by atoms with E-state index in [1.807, 2.05) is 11.8 Å². The van der Waals surface area contributed by atoms with E-state index in [0.29, 0.717) is 44.0 Å². The summed E-state index contributed by atoms with van der Waals surface area (Å²) in [5.41, 5.74) is -0.491. The highest BCUT2D eigenvalue weighted by Gasteiger charge is 2.65. The van der Waals surface area contributed by atoms with Crippen LogP contribution in [0.5, 0.6) is 0 Å². The van der Waals surface area contributed by atoms with Gasteiger partial charge in [0.1, 0.15) is 0 Å². The molecule has 3 atom stereocenters. The van der Waals surface area contributed by atoms with E-state index in [-0.39, 0.29) is 29.5 Å². The number of ether oxygens (including phenoxy) is 1. The van der Waals surface area contributed by atoms with Crippen LogP contribution in [0.3, 0.4) is 0 Å². The molecular formula is C19H25N3O4. The monoisotopic (exact) mass is 359 g/mol. The average molecular weight is 359 g/mol. The number of nitrogens with zero attached hydrogens (tertiary/aromatic N) is 3. The van der Waals surface area contributed by atoms with Gasteiger partial charge in [-0.15, -0.1) is 0 Å². The van der Waals surface area contributed by atoms with Crippen LogP contribution >= 0.6 is 0 Å². The third-order valence-corrected chi connectivity index (χ3v) is 6.10. The van der Waals surface area contributed by atoms with Gasteiger partial charge in [-0.25, -0.2) is 0 Å². The molecule has 0 unspecified atom stereocenters. The number of carbonyl (C=O) groups excluding carboxylic acids is 2. The Morgan fingerprint density at radius 3 is 2.81 bits per heavy atom. The predicted octanol–water partition coefficient (Wildman–Crippen LogP) is 1.07. The van der Waals surface area contributed by atoms with Crippen LogP contribution < -0.4 is 5.56 Å². The first-order valence-corrected chi connectivity index (χ1v) is 9.36. The van der Waals surface area contributed by atoms with E-state index in [2.05, 4.69) is 13.8 Å². The van der Waals surface area contributed by atoms with Crippen molar-refractivity contribution in [2.24, 2.45) is 5.92 Å². The number of hydrogen-bond acceptors (Lipinski definition) is 4. The standard InChI is InChI=1S/C19H25N3O4/c1-4-20-7-5-13(9-16(20)23)18(25)21-8-6-19-15(21)10-17(24)22(19)14(11-26-19)12(2)3/h5,7,9,12,14-15H,4,6,8,10-11H2,1-3H3/t14-,15+,19-/m0/s1. The second-order valence-corrected chi connectivity index (χ2v) is 7.74. The van der Waals surface area contributed by atoms with Crippen LogP contribution in [0.25, 0.3) is 0 Å². The van der Waals surface area contributed by atoms with Gasteiger partial charge < -0.3 is 19.1 Å². The number of likely N-dealkylation sites (tertiary alicyclic amines) is 1. The summed E-state index contributed by atoms with van der Waals surface area (Å²) in [5.74, 6) is 0.173. The summed E-state index contributed by atoms with van der Waals surface area (Å²) in [5, 5.41) is 0. The third-order valence-electron chi connectivity index (χ3n) is 6.10. The molecular weight excluding hydrogens is 334 g/mol. The smallest absolute Gasteiger partial charge is 0.254 e. The van der Waals surface area contributed by atoms with E-state index in [1.54, 1.807) is 21.7 Å². The van der Waals surface area contributed by atoms with Crippen molar-refractivity contribution in [3.63, 3.8) is 0 Å².